The normalized spacial score (nSPS) is 15.9. The van der Waals surface area contributed by atoms with E-state index in [2.05, 4.69) is 20.4 Å². The second-order valence-electron chi connectivity index (χ2n) is 6.38. The molecule has 0 bridgehead atoms. The number of carbonyl (C=O) groups excluding carboxylic acids is 2. The van der Waals surface area contributed by atoms with Crippen molar-refractivity contribution < 1.29 is 9.59 Å². The number of nitrogens with one attached hydrogen (secondary N) is 2. The lowest BCUT2D eigenvalue weighted by molar-refractivity contribution is -0.125. The van der Waals surface area contributed by atoms with Crippen molar-refractivity contribution in [2.75, 3.05) is 38.1 Å². The van der Waals surface area contributed by atoms with E-state index in [0.717, 1.165) is 24.3 Å². The first-order chi connectivity index (χ1) is 13.1. The molecule has 27 heavy (non-hydrogen) atoms. The Bertz CT molecular complexity index is 792. The summed E-state index contributed by atoms with van der Waals surface area (Å²) in [6.45, 7) is 2.95. The minimum absolute atomic E-state index is 0.322. The summed E-state index contributed by atoms with van der Waals surface area (Å²) in [4.78, 5) is 28.7. The zero-order chi connectivity index (χ0) is 19.2. The van der Waals surface area contributed by atoms with E-state index in [1.165, 1.54) is 7.05 Å². The number of halogens is 1. The molecule has 0 saturated carbocycles. The molecule has 6 nitrogen and oxygen atoms in total. The molecule has 1 fully saturated rings. The number of urea groups is 1. The highest BCUT2D eigenvalue weighted by molar-refractivity contribution is 6.30. The van der Waals surface area contributed by atoms with Gasteiger partial charge in [0.05, 0.1) is 0 Å². The molecule has 1 aliphatic rings. The van der Waals surface area contributed by atoms with Crippen molar-refractivity contribution in [1.29, 1.82) is 0 Å². The predicted molar refractivity (Wildman–Crippen MR) is 107 cm³/mol. The fourth-order valence-electron chi connectivity index (χ4n) is 3.32. The van der Waals surface area contributed by atoms with Gasteiger partial charge in [0.1, 0.15) is 6.04 Å². The van der Waals surface area contributed by atoms with Crippen molar-refractivity contribution in [3.63, 3.8) is 0 Å². The van der Waals surface area contributed by atoms with Crippen LogP contribution < -0.4 is 15.5 Å². The summed E-state index contributed by atoms with van der Waals surface area (Å²) in [6.07, 6.45) is 0. The van der Waals surface area contributed by atoms with Gasteiger partial charge in [-0.3, -0.25) is 15.0 Å². The van der Waals surface area contributed by atoms with Gasteiger partial charge in [0.25, 0.3) is 0 Å². The Labute approximate surface area is 164 Å². The maximum absolute atomic E-state index is 12.8. The summed E-state index contributed by atoms with van der Waals surface area (Å²) in [5.41, 5.74) is 1.95. The Morgan fingerprint density at radius 1 is 1.00 bits per heavy atom. The minimum atomic E-state index is -0.509. The van der Waals surface area contributed by atoms with Crippen LogP contribution in [0, 0.1) is 0 Å². The SMILES string of the molecule is CNC(=O)NC(=O)[C@@H](c1ccccc1)N1CCN(c2cccc(Cl)c2)CC1. The standard InChI is InChI=1S/C20H23ClN4O2/c1-22-20(27)23-19(26)18(15-6-3-2-4-7-15)25-12-10-24(11-13-25)17-9-5-8-16(21)14-17/h2-9,14,18H,10-13H2,1H3,(H2,22,23,26,27)/t18-/m1/s1. The van der Waals surface area contributed by atoms with E-state index in [1.54, 1.807) is 0 Å². The Morgan fingerprint density at radius 3 is 2.33 bits per heavy atom. The Balaban J connectivity index is 1.74. The first-order valence-corrected chi connectivity index (χ1v) is 9.28. The van der Waals surface area contributed by atoms with Crippen LogP contribution in [0.3, 0.4) is 0 Å². The van der Waals surface area contributed by atoms with E-state index in [9.17, 15) is 9.59 Å². The first kappa shape index (κ1) is 19.2. The molecule has 1 atom stereocenters. The summed E-state index contributed by atoms with van der Waals surface area (Å²) >= 11 is 6.10. The number of nitrogens with zero attached hydrogens (tertiary/aromatic N) is 2. The molecule has 7 heteroatoms. The number of anilines is 1. The smallest absolute Gasteiger partial charge is 0.321 e. The third-order valence-corrected chi connectivity index (χ3v) is 4.92. The molecule has 3 amide bonds. The van der Waals surface area contributed by atoms with Gasteiger partial charge in [-0.05, 0) is 23.8 Å². The van der Waals surface area contributed by atoms with Crippen molar-refractivity contribution in [3.8, 4) is 0 Å². The van der Waals surface area contributed by atoms with Crippen LogP contribution in [0.1, 0.15) is 11.6 Å². The summed E-state index contributed by atoms with van der Waals surface area (Å²) in [6, 6.07) is 16.3. The second-order valence-corrected chi connectivity index (χ2v) is 6.82. The summed E-state index contributed by atoms with van der Waals surface area (Å²) in [5.74, 6) is -0.322. The van der Waals surface area contributed by atoms with Crippen LogP contribution >= 0.6 is 11.6 Å². The van der Waals surface area contributed by atoms with Gasteiger partial charge in [0.2, 0.25) is 5.91 Å². The average molecular weight is 387 g/mol. The van der Waals surface area contributed by atoms with Crippen LogP contribution in [-0.2, 0) is 4.79 Å². The molecule has 1 aliphatic heterocycles. The van der Waals surface area contributed by atoms with E-state index in [1.807, 2.05) is 54.6 Å². The molecule has 142 valence electrons. The topological polar surface area (TPSA) is 64.7 Å². The number of rotatable bonds is 4. The minimum Gasteiger partial charge on any atom is -0.369 e. The maximum Gasteiger partial charge on any atom is 0.321 e. The molecule has 0 spiro atoms. The van der Waals surface area contributed by atoms with E-state index < -0.39 is 12.1 Å². The zero-order valence-corrected chi connectivity index (χ0v) is 15.9. The monoisotopic (exact) mass is 386 g/mol. The van der Waals surface area contributed by atoms with Gasteiger partial charge in [-0.15, -0.1) is 0 Å². The second kappa shape index (κ2) is 8.88. The third-order valence-electron chi connectivity index (χ3n) is 4.68. The fourth-order valence-corrected chi connectivity index (χ4v) is 3.50. The van der Waals surface area contributed by atoms with Crippen molar-refractivity contribution >= 4 is 29.2 Å². The van der Waals surface area contributed by atoms with Gasteiger partial charge in [0, 0.05) is 43.9 Å². The van der Waals surface area contributed by atoms with E-state index in [4.69, 9.17) is 11.6 Å². The quantitative estimate of drug-likeness (QED) is 0.847. The molecule has 1 saturated heterocycles. The van der Waals surface area contributed by atoms with Gasteiger partial charge in [-0.1, -0.05) is 48.0 Å². The molecule has 3 rings (SSSR count). The van der Waals surface area contributed by atoms with Crippen molar-refractivity contribution in [2.24, 2.45) is 0 Å². The number of imide groups is 1. The Morgan fingerprint density at radius 2 is 1.70 bits per heavy atom. The molecule has 2 N–H and O–H groups in total. The summed E-state index contributed by atoms with van der Waals surface area (Å²) < 4.78 is 0. The van der Waals surface area contributed by atoms with Gasteiger partial charge in [0.15, 0.2) is 0 Å². The lowest BCUT2D eigenvalue weighted by atomic mass is 10.0. The van der Waals surface area contributed by atoms with Crippen molar-refractivity contribution in [2.45, 2.75) is 6.04 Å². The molecule has 0 radical (unpaired) electrons. The van der Waals surface area contributed by atoms with Crippen LogP contribution in [0.25, 0.3) is 0 Å². The summed E-state index contributed by atoms with van der Waals surface area (Å²) in [7, 11) is 1.49. The number of amides is 3. The number of piperazine rings is 1. The van der Waals surface area contributed by atoms with Crippen molar-refractivity contribution in [3.05, 3.63) is 65.2 Å². The van der Waals surface area contributed by atoms with Gasteiger partial charge < -0.3 is 10.2 Å². The van der Waals surface area contributed by atoms with Crippen LogP contribution in [0.4, 0.5) is 10.5 Å². The first-order valence-electron chi connectivity index (χ1n) is 8.90. The molecular formula is C20H23ClN4O2. The summed E-state index contributed by atoms with van der Waals surface area (Å²) in [5, 5.41) is 5.55. The predicted octanol–water partition coefficient (Wildman–Crippen LogP) is 2.66. The number of hydrogen-bond donors (Lipinski definition) is 2. The van der Waals surface area contributed by atoms with Gasteiger partial charge >= 0.3 is 6.03 Å². The Kier molecular flexibility index (Phi) is 6.32. The number of hydrogen-bond acceptors (Lipinski definition) is 4. The molecule has 1 heterocycles. The lowest BCUT2D eigenvalue weighted by Crippen LogP contribution is -2.52. The lowest BCUT2D eigenvalue weighted by Gasteiger charge is -2.39. The maximum atomic E-state index is 12.8. The van der Waals surface area contributed by atoms with Crippen LogP contribution in [0.15, 0.2) is 54.6 Å². The van der Waals surface area contributed by atoms with E-state index in [0.29, 0.717) is 18.1 Å². The van der Waals surface area contributed by atoms with Crippen molar-refractivity contribution in [1.82, 2.24) is 15.5 Å². The molecular weight excluding hydrogens is 364 g/mol. The van der Waals surface area contributed by atoms with Crippen LogP contribution in [0.2, 0.25) is 5.02 Å². The highest BCUT2D eigenvalue weighted by Gasteiger charge is 2.31. The molecule has 2 aromatic rings. The van der Waals surface area contributed by atoms with E-state index in [-0.39, 0.29) is 5.91 Å². The highest BCUT2D eigenvalue weighted by Crippen LogP contribution is 2.25. The average Bonchev–Trinajstić information content (AvgIpc) is 2.69. The Hall–Kier alpha value is -2.57. The third kappa shape index (κ3) is 4.78. The number of benzene rings is 2. The molecule has 0 unspecified atom stereocenters. The van der Waals surface area contributed by atoms with Crippen LogP contribution in [-0.4, -0.2) is 50.1 Å². The molecule has 0 aromatic heterocycles. The highest BCUT2D eigenvalue weighted by atomic mass is 35.5. The van der Waals surface area contributed by atoms with E-state index >= 15 is 0 Å². The fraction of sp³-hybridized carbons (Fsp3) is 0.300. The van der Waals surface area contributed by atoms with Crippen LogP contribution in [0.5, 0.6) is 0 Å². The zero-order valence-electron chi connectivity index (χ0n) is 15.2. The molecule has 0 aliphatic carbocycles. The van der Waals surface area contributed by atoms with Gasteiger partial charge in [-0.2, -0.15) is 0 Å². The largest absolute Gasteiger partial charge is 0.369 e. The number of carbonyl (C=O) groups is 2. The molecule has 2 aromatic carbocycles. The van der Waals surface area contributed by atoms with Gasteiger partial charge in [-0.25, -0.2) is 4.79 Å².